The van der Waals surface area contributed by atoms with Gasteiger partial charge < -0.3 is 15.8 Å². The van der Waals surface area contributed by atoms with Gasteiger partial charge in [-0.1, -0.05) is 32.9 Å². The molecule has 0 aliphatic heterocycles. The Labute approximate surface area is 140 Å². The molecule has 0 fully saturated rings. The predicted molar refractivity (Wildman–Crippen MR) is 93.8 cm³/mol. The molecular formula is C17H29ClN2O2. The highest BCUT2D eigenvalue weighted by Crippen LogP contribution is 2.24. The number of halogens is 1. The lowest BCUT2D eigenvalue weighted by Gasteiger charge is -2.20. The van der Waals surface area contributed by atoms with Crippen molar-refractivity contribution >= 4 is 18.3 Å². The third-order valence-corrected chi connectivity index (χ3v) is 3.24. The number of carbonyl (C=O) groups is 1. The van der Waals surface area contributed by atoms with Crippen LogP contribution in [0, 0.1) is 0 Å². The van der Waals surface area contributed by atoms with Crippen LogP contribution in [-0.2, 0) is 10.2 Å². The Kier molecular flexibility index (Phi) is 9.14. The van der Waals surface area contributed by atoms with Crippen molar-refractivity contribution in [3.8, 4) is 5.75 Å². The van der Waals surface area contributed by atoms with Gasteiger partial charge in [-0.3, -0.25) is 4.79 Å². The van der Waals surface area contributed by atoms with Crippen LogP contribution in [0.25, 0.3) is 0 Å². The first-order valence-electron chi connectivity index (χ1n) is 7.55. The number of rotatable bonds is 7. The molecule has 0 heterocycles. The second-order valence-electron chi connectivity index (χ2n) is 6.45. The maximum atomic E-state index is 11.6. The normalized spacial score (nSPS) is 12.2. The Morgan fingerprint density at radius 2 is 1.86 bits per heavy atom. The van der Waals surface area contributed by atoms with Crippen molar-refractivity contribution in [3.63, 3.8) is 0 Å². The molecule has 3 N–H and O–H groups in total. The molecule has 0 aromatic heterocycles. The Bertz CT molecular complexity index is 441. The largest absolute Gasteiger partial charge is 0.491 e. The number of hydrogen-bond acceptors (Lipinski definition) is 3. The van der Waals surface area contributed by atoms with Gasteiger partial charge in [0.05, 0.1) is 6.04 Å². The van der Waals surface area contributed by atoms with Crippen molar-refractivity contribution in [1.29, 1.82) is 0 Å². The van der Waals surface area contributed by atoms with Crippen molar-refractivity contribution in [2.24, 2.45) is 5.73 Å². The minimum Gasteiger partial charge on any atom is -0.491 e. The molecule has 0 saturated heterocycles. The highest BCUT2D eigenvalue weighted by molar-refractivity contribution is 5.85. The summed E-state index contributed by atoms with van der Waals surface area (Å²) in [5.41, 5.74) is 6.80. The topological polar surface area (TPSA) is 64.3 Å². The van der Waals surface area contributed by atoms with Gasteiger partial charge in [0, 0.05) is 6.42 Å². The van der Waals surface area contributed by atoms with Crippen molar-refractivity contribution in [2.75, 3.05) is 13.2 Å². The van der Waals surface area contributed by atoms with Crippen LogP contribution in [0.5, 0.6) is 5.75 Å². The third-order valence-electron chi connectivity index (χ3n) is 3.24. The fraction of sp³-hybridized carbons (Fsp3) is 0.588. The lowest BCUT2D eigenvalue weighted by atomic mass is 9.87. The zero-order valence-electron chi connectivity index (χ0n) is 14.0. The van der Waals surface area contributed by atoms with Gasteiger partial charge >= 0.3 is 0 Å². The molecule has 0 aliphatic rings. The van der Waals surface area contributed by atoms with Crippen molar-refractivity contribution < 1.29 is 9.53 Å². The molecule has 1 atom stereocenters. The average Bonchev–Trinajstić information content (AvgIpc) is 2.42. The SMILES string of the molecule is CC(COc1ccc(C(C)(C)C)cc1)NC(=O)CCCN.Cl. The monoisotopic (exact) mass is 328 g/mol. The molecule has 1 rings (SSSR count). The van der Waals surface area contributed by atoms with E-state index in [1.54, 1.807) is 0 Å². The lowest BCUT2D eigenvalue weighted by Crippen LogP contribution is -2.36. The first-order valence-corrected chi connectivity index (χ1v) is 7.55. The van der Waals surface area contributed by atoms with Crippen molar-refractivity contribution in [3.05, 3.63) is 29.8 Å². The zero-order valence-corrected chi connectivity index (χ0v) is 14.8. The van der Waals surface area contributed by atoms with E-state index in [1.807, 2.05) is 19.1 Å². The zero-order chi connectivity index (χ0) is 15.9. The first kappa shape index (κ1) is 20.7. The van der Waals surface area contributed by atoms with Crippen LogP contribution in [0.1, 0.15) is 46.1 Å². The van der Waals surface area contributed by atoms with Gasteiger partial charge in [-0.05, 0) is 43.0 Å². The van der Waals surface area contributed by atoms with Crippen LogP contribution in [0.15, 0.2) is 24.3 Å². The van der Waals surface area contributed by atoms with Crippen LogP contribution in [-0.4, -0.2) is 25.1 Å². The van der Waals surface area contributed by atoms with Crippen molar-refractivity contribution in [1.82, 2.24) is 5.32 Å². The molecule has 0 spiro atoms. The third kappa shape index (κ3) is 7.66. The van der Waals surface area contributed by atoms with E-state index < -0.39 is 0 Å². The minimum atomic E-state index is -0.0161. The molecule has 22 heavy (non-hydrogen) atoms. The summed E-state index contributed by atoms with van der Waals surface area (Å²) in [6, 6.07) is 8.10. The molecule has 0 radical (unpaired) electrons. The van der Waals surface area contributed by atoms with Gasteiger partial charge in [0.2, 0.25) is 5.91 Å². The van der Waals surface area contributed by atoms with Crippen LogP contribution in [0.4, 0.5) is 0 Å². The van der Waals surface area contributed by atoms with Crippen LogP contribution in [0.2, 0.25) is 0 Å². The van der Waals surface area contributed by atoms with E-state index in [0.29, 0.717) is 26.0 Å². The lowest BCUT2D eigenvalue weighted by molar-refractivity contribution is -0.121. The summed E-state index contributed by atoms with van der Waals surface area (Å²) in [6.07, 6.45) is 1.19. The van der Waals surface area contributed by atoms with Gasteiger partial charge in [0.25, 0.3) is 0 Å². The quantitative estimate of drug-likeness (QED) is 0.808. The number of nitrogens with one attached hydrogen (secondary N) is 1. The fourth-order valence-corrected chi connectivity index (χ4v) is 1.92. The summed E-state index contributed by atoms with van der Waals surface area (Å²) >= 11 is 0. The van der Waals surface area contributed by atoms with Gasteiger partial charge in [-0.2, -0.15) is 0 Å². The van der Waals surface area contributed by atoms with Crippen molar-refractivity contribution in [2.45, 2.75) is 52.0 Å². The Hall–Kier alpha value is -1.26. The maximum absolute atomic E-state index is 11.6. The molecule has 5 heteroatoms. The molecule has 4 nitrogen and oxygen atoms in total. The minimum absolute atomic E-state index is 0. The van der Waals surface area contributed by atoms with E-state index in [9.17, 15) is 4.79 Å². The second-order valence-corrected chi connectivity index (χ2v) is 6.45. The van der Waals surface area contributed by atoms with Crippen LogP contribution < -0.4 is 15.8 Å². The standard InChI is InChI=1S/C17H28N2O2.ClH/c1-13(19-16(20)6-5-11-18)12-21-15-9-7-14(8-10-15)17(2,3)4;/h7-10,13H,5-6,11-12,18H2,1-4H3,(H,19,20);1H. The first-order chi connectivity index (χ1) is 9.82. The van der Waals surface area contributed by atoms with E-state index in [4.69, 9.17) is 10.5 Å². The Morgan fingerprint density at radius 1 is 1.27 bits per heavy atom. The molecule has 1 aromatic carbocycles. The summed E-state index contributed by atoms with van der Waals surface area (Å²) < 4.78 is 5.70. The number of benzene rings is 1. The van der Waals surface area contributed by atoms with Gasteiger partial charge in [0.15, 0.2) is 0 Å². The Balaban J connectivity index is 0.00000441. The number of carbonyl (C=O) groups excluding carboxylic acids is 1. The van der Waals surface area contributed by atoms with E-state index in [-0.39, 0.29) is 29.8 Å². The number of hydrogen-bond donors (Lipinski definition) is 2. The smallest absolute Gasteiger partial charge is 0.220 e. The molecule has 0 bridgehead atoms. The predicted octanol–water partition coefficient (Wildman–Crippen LogP) is 3.03. The summed E-state index contributed by atoms with van der Waals surface area (Å²) in [5, 5.41) is 2.90. The average molecular weight is 329 g/mol. The van der Waals surface area contributed by atoms with Gasteiger partial charge in [-0.15, -0.1) is 12.4 Å². The van der Waals surface area contributed by atoms with Crippen LogP contribution >= 0.6 is 12.4 Å². The molecule has 126 valence electrons. The highest BCUT2D eigenvalue weighted by atomic mass is 35.5. The maximum Gasteiger partial charge on any atom is 0.220 e. The van der Waals surface area contributed by atoms with E-state index in [0.717, 1.165) is 5.75 Å². The van der Waals surface area contributed by atoms with E-state index >= 15 is 0 Å². The van der Waals surface area contributed by atoms with E-state index in [1.165, 1.54) is 5.56 Å². The summed E-state index contributed by atoms with van der Waals surface area (Å²) in [5.74, 6) is 0.852. The number of ether oxygens (including phenoxy) is 1. The summed E-state index contributed by atoms with van der Waals surface area (Å²) in [6.45, 7) is 9.48. The number of amides is 1. The molecule has 1 unspecified atom stereocenters. The molecule has 1 amide bonds. The number of nitrogens with two attached hydrogens (primary N) is 1. The summed E-state index contributed by atoms with van der Waals surface area (Å²) in [7, 11) is 0. The van der Waals surface area contributed by atoms with E-state index in [2.05, 4.69) is 38.2 Å². The molecule has 1 aromatic rings. The van der Waals surface area contributed by atoms with Gasteiger partial charge in [-0.25, -0.2) is 0 Å². The molecular weight excluding hydrogens is 300 g/mol. The van der Waals surface area contributed by atoms with Crippen LogP contribution in [0.3, 0.4) is 0 Å². The molecule has 0 saturated carbocycles. The molecule has 0 aliphatic carbocycles. The Morgan fingerprint density at radius 3 is 2.36 bits per heavy atom. The highest BCUT2D eigenvalue weighted by Gasteiger charge is 2.13. The second kappa shape index (κ2) is 9.70. The van der Waals surface area contributed by atoms with Gasteiger partial charge in [0.1, 0.15) is 12.4 Å². The summed E-state index contributed by atoms with van der Waals surface area (Å²) in [4.78, 5) is 11.6. The fourth-order valence-electron chi connectivity index (χ4n) is 1.92.